The standard InChI is InChI=1S/C24H30N6O2/c1-3-18-19(4-2)27-24(28-21(18)22(25)31)29-14-11-17(12-15-29)23(32)30-20(10-13-26-30)16-8-6-5-7-9-16/h5-9,13,17,20H,3-4,10-12,14-15H2,1-2H3,(H2,25,31). The number of nitrogens with two attached hydrogens (primary N) is 1. The number of anilines is 1. The quantitative estimate of drug-likeness (QED) is 0.753. The van der Waals surface area contributed by atoms with Gasteiger partial charge in [-0.15, -0.1) is 0 Å². The molecule has 0 spiro atoms. The van der Waals surface area contributed by atoms with E-state index in [1.165, 1.54) is 0 Å². The molecular formula is C24H30N6O2. The topological polar surface area (TPSA) is 105 Å². The molecule has 1 atom stereocenters. The number of benzene rings is 1. The lowest BCUT2D eigenvalue weighted by molar-refractivity contribution is -0.138. The van der Waals surface area contributed by atoms with Gasteiger partial charge in [0, 0.05) is 42.9 Å². The second-order valence-corrected chi connectivity index (χ2v) is 8.27. The van der Waals surface area contributed by atoms with Gasteiger partial charge in [-0.05, 0) is 31.2 Å². The molecule has 2 aliphatic heterocycles. The van der Waals surface area contributed by atoms with Crippen LogP contribution in [0.3, 0.4) is 0 Å². The SMILES string of the molecule is CCc1nc(N2CCC(C(=O)N3N=CCC3c3ccccc3)CC2)nc(C(N)=O)c1CC. The molecule has 8 heteroatoms. The van der Waals surface area contributed by atoms with Crippen molar-refractivity contribution in [3.05, 3.63) is 52.8 Å². The number of aryl methyl sites for hydroxylation is 1. The number of piperidine rings is 1. The van der Waals surface area contributed by atoms with Crippen molar-refractivity contribution in [3.63, 3.8) is 0 Å². The summed E-state index contributed by atoms with van der Waals surface area (Å²) in [6.07, 6.45) is 5.32. The molecule has 2 aliphatic rings. The maximum absolute atomic E-state index is 13.3. The second kappa shape index (κ2) is 9.46. The lowest BCUT2D eigenvalue weighted by Gasteiger charge is -2.34. The zero-order valence-electron chi connectivity index (χ0n) is 18.7. The molecule has 8 nitrogen and oxygen atoms in total. The van der Waals surface area contributed by atoms with Gasteiger partial charge in [0.15, 0.2) is 0 Å². The van der Waals surface area contributed by atoms with Crippen molar-refractivity contribution in [2.45, 2.75) is 52.0 Å². The number of hydrogen-bond acceptors (Lipinski definition) is 6. The zero-order chi connectivity index (χ0) is 22.7. The number of carbonyl (C=O) groups excluding carboxylic acids is 2. The van der Waals surface area contributed by atoms with E-state index >= 15 is 0 Å². The highest BCUT2D eigenvalue weighted by Crippen LogP contribution is 2.32. The van der Waals surface area contributed by atoms with Gasteiger partial charge in [-0.3, -0.25) is 9.59 Å². The third kappa shape index (κ3) is 4.22. The lowest BCUT2D eigenvalue weighted by Crippen LogP contribution is -2.42. The predicted octanol–water partition coefficient (Wildman–Crippen LogP) is 2.88. The average Bonchev–Trinajstić information content (AvgIpc) is 3.33. The van der Waals surface area contributed by atoms with E-state index in [1.54, 1.807) is 5.01 Å². The minimum absolute atomic E-state index is 0.0307. The average molecular weight is 435 g/mol. The summed E-state index contributed by atoms with van der Waals surface area (Å²) in [5.74, 6) is -0.0188. The Hall–Kier alpha value is -3.29. The monoisotopic (exact) mass is 434 g/mol. The van der Waals surface area contributed by atoms with Crippen LogP contribution in [0.2, 0.25) is 0 Å². The summed E-state index contributed by atoms with van der Waals surface area (Å²) in [5, 5.41) is 6.04. The van der Waals surface area contributed by atoms with Crippen molar-refractivity contribution in [3.8, 4) is 0 Å². The molecule has 2 amide bonds. The normalized spacial score (nSPS) is 18.9. The van der Waals surface area contributed by atoms with Gasteiger partial charge in [0.25, 0.3) is 5.91 Å². The maximum Gasteiger partial charge on any atom is 0.267 e. The number of hydrazone groups is 1. The van der Waals surface area contributed by atoms with Crippen LogP contribution in [0.4, 0.5) is 5.95 Å². The van der Waals surface area contributed by atoms with Crippen molar-refractivity contribution < 1.29 is 9.59 Å². The van der Waals surface area contributed by atoms with Crippen LogP contribution >= 0.6 is 0 Å². The Bertz CT molecular complexity index is 1010. The minimum atomic E-state index is -0.524. The Balaban J connectivity index is 1.46. The van der Waals surface area contributed by atoms with Crippen LogP contribution < -0.4 is 10.6 Å². The molecular weight excluding hydrogens is 404 g/mol. The molecule has 1 unspecified atom stereocenters. The first-order chi connectivity index (χ1) is 15.5. The summed E-state index contributed by atoms with van der Waals surface area (Å²) in [7, 11) is 0. The van der Waals surface area contributed by atoms with Gasteiger partial charge in [0.1, 0.15) is 5.69 Å². The minimum Gasteiger partial charge on any atom is -0.364 e. The molecule has 2 N–H and O–H groups in total. The highest BCUT2D eigenvalue weighted by atomic mass is 16.2. The van der Waals surface area contributed by atoms with Crippen molar-refractivity contribution in [1.82, 2.24) is 15.0 Å². The molecule has 1 aromatic carbocycles. The van der Waals surface area contributed by atoms with E-state index in [-0.39, 0.29) is 17.9 Å². The number of nitrogens with zero attached hydrogens (tertiary/aromatic N) is 5. The number of carbonyl (C=O) groups is 2. The molecule has 168 valence electrons. The highest BCUT2D eigenvalue weighted by molar-refractivity contribution is 5.92. The largest absolute Gasteiger partial charge is 0.364 e. The van der Waals surface area contributed by atoms with Gasteiger partial charge >= 0.3 is 0 Å². The van der Waals surface area contributed by atoms with Crippen LogP contribution in [0.5, 0.6) is 0 Å². The Labute approximate surface area is 188 Å². The fourth-order valence-electron chi connectivity index (χ4n) is 4.62. The van der Waals surface area contributed by atoms with Crippen LogP contribution in [0, 0.1) is 5.92 Å². The Kier molecular flexibility index (Phi) is 6.48. The van der Waals surface area contributed by atoms with E-state index in [2.05, 4.69) is 15.0 Å². The summed E-state index contributed by atoms with van der Waals surface area (Å²) in [5.41, 5.74) is 8.70. The number of primary amides is 1. The molecule has 0 saturated carbocycles. The Morgan fingerprint density at radius 1 is 1.06 bits per heavy atom. The molecule has 0 radical (unpaired) electrons. The Morgan fingerprint density at radius 2 is 1.78 bits per heavy atom. The van der Waals surface area contributed by atoms with E-state index in [0.717, 1.165) is 23.2 Å². The summed E-state index contributed by atoms with van der Waals surface area (Å²) in [6.45, 7) is 5.29. The highest BCUT2D eigenvalue weighted by Gasteiger charge is 2.35. The summed E-state index contributed by atoms with van der Waals surface area (Å²) in [6, 6.07) is 10.0. The third-order valence-electron chi connectivity index (χ3n) is 6.37. The van der Waals surface area contributed by atoms with Gasteiger partial charge in [0.2, 0.25) is 11.9 Å². The van der Waals surface area contributed by atoms with Crippen molar-refractivity contribution in [1.29, 1.82) is 0 Å². The molecule has 1 saturated heterocycles. The molecule has 3 heterocycles. The third-order valence-corrected chi connectivity index (χ3v) is 6.37. The van der Waals surface area contributed by atoms with E-state index in [1.807, 2.05) is 50.4 Å². The first-order valence-electron chi connectivity index (χ1n) is 11.4. The lowest BCUT2D eigenvalue weighted by atomic mass is 9.94. The van der Waals surface area contributed by atoms with Crippen LogP contribution in [0.1, 0.15) is 66.5 Å². The van der Waals surface area contributed by atoms with Crippen LogP contribution in [0.25, 0.3) is 0 Å². The molecule has 0 aliphatic carbocycles. The summed E-state index contributed by atoms with van der Waals surface area (Å²) in [4.78, 5) is 36.5. The molecule has 2 aromatic rings. The van der Waals surface area contributed by atoms with Crippen molar-refractivity contribution in [2.75, 3.05) is 18.0 Å². The van der Waals surface area contributed by atoms with Gasteiger partial charge in [-0.25, -0.2) is 15.0 Å². The van der Waals surface area contributed by atoms with Gasteiger partial charge in [-0.2, -0.15) is 5.10 Å². The first-order valence-corrected chi connectivity index (χ1v) is 11.4. The van der Waals surface area contributed by atoms with Gasteiger partial charge < -0.3 is 10.6 Å². The van der Waals surface area contributed by atoms with E-state index < -0.39 is 5.91 Å². The summed E-state index contributed by atoms with van der Waals surface area (Å²) >= 11 is 0. The van der Waals surface area contributed by atoms with E-state index in [0.29, 0.717) is 50.4 Å². The molecule has 32 heavy (non-hydrogen) atoms. The van der Waals surface area contributed by atoms with Crippen molar-refractivity contribution >= 4 is 24.0 Å². The fourth-order valence-corrected chi connectivity index (χ4v) is 4.62. The molecule has 0 bridgehead atoms. The van der Waals surface area contributed by atoms with Crippen molar-refractivity contribution in [2.24, 2.45) is 16.8 Å². The number of amides is 2. The van der Waals surface area contributed by atoms with Gasteiger partial charge in [0.05, 0.1) is 6.04 Å². The first kappa shape index (κ1) is 21.9. The maximum atomic E-state index is 13.3. The molecule has 4 rings (SSSR count). The predicted molar refractivity (Wildman–Crippen MR) is 123 cm³/mol. The van der Waals surface area contributed by atoms with E-state index in [9.17, 15) is 9.59 Å². The molecule has 1 fully saturated rings. The number of rotatable bonds is 6. The Morgan fingerprint density at radius 3 is 2.41 bits per heavy atom. The van der Waals surface area contributed by atoms with E-state index in [4.69, 9.17) is 10.7 Å². The molecule has 1 aromatic heterocycles. The van der Waals surface area contributed by atoms with Crippen LogP contribution in [0.15, 0.2) is 35.4 Å². The zero-order valence-corrected chi connectivity index (χ0v) is 18.7. The van der Waals surface area contributed by atoms with Crippen LogP contribution in [-0.2, 0) is 17.6 Å². The fraction of sp³-hybridized carbons (Fsp3) is 0.458. The second-order valence-electron chi connectivity index (χ2n) is 8.27. The van der Waals surface area contributed by atoms with Crippen LogP contribution in [-0.4, -0.2) is 46.1 Å². The number of aromatic nitrogens is 2. The smallest absolute Gasteiger partial charge is 0.267 e. The summed E-state index contributed by atoms with van der Waals surface area (Å²) < 4.78 is 0. The van der Waals surface area contributed by atoms with Gasteiger partial charge in [-0.1, -0.05) is 44.2 Å². The number of hydrogen-bond donors (Lipinski definition) is 1.